The number of nitrogens with zero attached hydrogens (tertiary/aromatic N) is 4. The first-order valence-electron chi connectivity index (χ1n) is 8.47. The van der Waals surface area contributed by atoms with E-state index in [4.69, 9.17) is 5.53 Å². The van der Waals surface area contributed by atoms with Gasteiger partial charge in [-0.1, -0.05) is 41.5 Å². The zero-order chi connectivity index (χ0) is 16.5. The van der Waals surface area contributed by atoms with Crippen LogP contribution >= 0.6 is 0 Å². The molecule has 1 saturated carbocycles. The normalized spacial score (nSPS) is 25.4. The number of para-hydroxylation sites is 2. The van der Waals surface area contributed by atoms with Crippen LogP contribution in [-0.4, -0.2) is 23.3 Å². The summed E-state index contributed by atoms with van der Waals surface area (Å²) in [5, 5.41) is 14.6. The third-order valence-electron chi connectivity index (χ3n) is 5.24. The van der Waals surface area contributed by atoms with E-state index in [0.29, 0.717) is 0 Å². The number of fused-ring (bicyclic) bond motifs is 2. The molecule has 1 fully saturated rings. The Morgan fingerprint density at radius 1 is 0.958 bits per heavy atom. The van der Waals surface area contributed by atoms with Crippen molar-refractivity contribution in [3.8, 4) is 0 Å². The molecule has 2 aliphatic rings. The topological polar surface area (TPSA) is 72.2 Å². The smallest absolute Gasteiger partial charge is 0.0832 e. The van der Waals surface area contributed by atoms with Crippen LogP contribution in [0.4, 0.5) is 11.4 Å². The van der Waals surface area contributed by atoms with Gasteiger partial charge in [0.25, 0.3) is 0 Å². The van der Waals surface area contributed by atoms with Crippen LogP contribution in [0, 0.1) is 0 Å². The van der Waals surface area contributed by atoms with Crippen LogP contribution in [0.5, 0.6) is 0 Å². The van der Waals surface area contributed by atoms with Gasteiger partial charge in [0.2, 0.25) is 0 Å². The number of aryl methyl sites for hydroxylation is 2. The number of hydrogen-bond donors (Lipinski definition) is 1. The van der Waals surface area contributed by atoms with Crippen LogP contribution in [0.25, 0.3) is 10.4 Å². The van der Waals surface area contributed by atoms with Crippen molar-refractivity contribution in [1.82, 2.24) is 0 Å². The first-order valence-corrected chi connectivity index (χ1v) is 8.47. The summed E-state index contributed by atoms with van der Waals surface area (Å²) in [5.74, 6) is 0. The second-order valence-corrected chi connectivity index (χ2v) is 6.53. The summed E-state index contributed by atoms with van der Waals surface area (Å²) in [6.45, 7) is 0. The molecule has 0 amide bonds. The molecule has 5 heteroatoms. The van der Waals surface area contributed by atoms with Crippen molar-refractivity contribution < 1.29 is 5.11 Å². The molecular weight excluding hydrogens is 300 g/mol. The molecule has 2 aromatic rings. The minimum atomic E-state index is -0.653. The zero-order valence-corrected chi connectivity index (χ0v) is 13.4. The molecule has 5 nitrogen and oxygen atoms in total. The van der Waals surface area contributed by atoms with E-state index in [1.807, 2.05) is 12.1 Å². The maximum Gasteiger partial charge on any atom is 0.0832 e. The number of benzene rings is 2. The van der Waals surface area contributed by atoms with Crippen LogP contribution in [0.3, 0.4) is 0 Å². The summed E-state index contributed by atoms with van der Waals surface area (Å²) in [6.07, 6.45) is 2.86. The van der Waals surface area contributed by atoms with E-state index in [1.54, 1.807) is 0 Å². The van der Waals surface area contributed by atoms with E-state index in [0.717, 1.165) is 37.1 Å². The Morgan fingerprint density at radius 2 is 1.54 bits per heavy atom. The minimum Gasteiger partial charge on any atom is -0.391 e. The number of anilines is 2. The summed E-state index contributed by atoms with van der Waals surface area (Å²) in [4.78, 5) is 5.17. The van der Waals surface area contributed by atoms with Gasteiger partial charge in [0.05, 0.1) is 18.2 Å². The van der Waals surface area contributed by atoms with E-state index in [-0.39, 0.29) is 12.1 Å². The summed E-state index contributed by atoms with van der Waals surface area (Å²) >= 11 is 0. The van der Waals surface area contributed by atoms with Gasteiger partial charge in [-0.05, 0) is 54.5 Å². The Morgan fingerprint density at radius 3 is 2.12 bits per heavy atom. The summed E-state index contributed by atoms with van der Waals surface area (Å²) < 4.78 is 0. The van der Waals surface area contributed by atoms with Gasteiger partial charge in [-0.3, -0.25) is 0 Å². The molecule has 24 heavy (non-hydrogen) atoms. The Hall–Kier alpha value is -2.49. The van der Waals surface area contributed by atoms with Crippen molar-refractivity contribution in [2.75, 3.05) is 4.90 Å². The SMILES string of the molecule is [N-]=[N+]=NC1CCC(N2c3ccccc3CCc3ccccc32)[C@@H]1O. The van der Waals surface area contributed by atoms with Crippen LogP contribution in [-0.2, 0) is 12.8 Å². The Bertz CT molecular complexity index is 752. The van der Waals surface area contributed by atoms with E-state index in [9.17, 15) is 5.11 Å². The zero-order valence-electron chi connectivity index (χ0n) is 13.4. The van der Waals surface area contributed by atoms with E-state index < -0.39 is 6.10 Å². The van der Waals surface area contributed by atoms with Crippen molar-refractivity contribution in [2.24, 2.45) is 5.11 Å². The van der Waals surface area contributed by atoms with Gasteiger partial charge in [0.1, 0.15) is 0 Å². The third kappa shape index (κ3) is 2.42. The highest BCUT2D eigenvalue weighted by Gasteiger charge is 2.40. The standard InChI is InChI=1S/C19H20N4O/c20-22-21-15-11-12-18(19(15)24)23-16-7-3-1-5-13(16)9-10-14-6-2-4-8-17(14)23/h1-8,15,18-19,24H,9-12H2/t15?,18?,19-/m1/s1. The quantitative estimate of drug-likeness (QED) is 0.513. The first kappa shape index (κ1) is 15.1. The molecule has 0 aromatic heterocycles. The van der Waals surface area contributed by atoms with Gasteiger partial charge in [-0.15, -0.1) is 0 Å². The van der Waals surface area contributed by atoms with Crippen LogP contribution < -0.4 is 4.90 Å². The average molecular weight is 320 g/mol. The lowest BCUT2D eigenvalue weighted by atomic mass is 10.0. The molecule has 1 heterocycles. The van der Waals surface area contributed by atoms with Gasteiger partial charge >= 0.3 is 0 Å². The molecular formula is C19H20N4O. The maximum atomic E-state index is 10.8. The molecule has 1 aliphatic carbocycles. The fourth-order valence-corrected chi connectivity index (χ4v) is 4.08. The van der Waals surface area contributed by atoms with Gasteiger partial charge < -0.3 is 10.0 Å². The molecule has 4 rings (SSSR count). The highest BCUT2D eigenvalue weighted by molar-refractivity contribution is 5.72. The van der Waals surface area contributed by atoms with Crippen LogP contribution in [0.1, 0.15) is 24.0 Å². The fourth-order valence-electron chi connectivity index (χ4n) is 4.08. The Balaban J connectivity index is 1.83. The molecule has 0 saturated heterocycles. The van der Waals surface area contributed by atoms with Crippen molar-refractivity contribution >= 4 is 11.4 Å². The van der Waals surface area contributed by atoms with Crippen molar-refractivity contribution in [2.45, 2.75) is 43.9 Å². The van der Waals surface area contributed by atoms with Crippen molar-refractivity contribution in [3.63, 3.8) is 0 Å². The lowest BCUT2D eigenvalue weighted by Crippen LogP contribution is -2.40. The van der Waals surface area contributed by atoms with Crippen molar-refractivity contribution in [1.29, 1.82) is 0 Å². The highest BCUT2D eigenvalue weighted by atomic mass is 16.3. The predicted octanol–water partition coefficient (Wildman–Crippen LogP) is 4.13. The molecule has 2 aromatic carbocycles. The third-order valence-corrected chi connectivity index (χ3v) is 5.24. The number of aliphatic hydroxyl groups excluding tert-OH is 1. The molecule has 0 spiro atoms. The first-order chi connectivity index (χ1) is 11.8. The number of azide groups is 1. The molecule has 0 radical (unpaired) electrons. The Labute approximate surface area is 141 Å². The second kappa shape index (κ2) is 6.19. The minimum absolute atomic E-state index is 0.0686. The number of hydrogen-bond acceptors (Lipinski definition) is 3. The largest absolute Gasteiger partial charge is 0.391 e. The monoisotopic (exact) mass is 320 g/mol. The molecule has 2 unspecified atom stereocenters. The predicted molar refractivity (Wildman–Crippen MR) is 94.4 cm³/mol. The maximum absolute atomic E-state index is 10.8. The molecule has 1 aliphatic heterocycles. The van der Waals surface area contributed by atoms with E-state index >= 15 is 0 Å². The lowest BCUT2D eigenvalue weighted by Gasteiger charge is -2.35. The van der Waals surface area contributed by atoms with Gasteiger partial charge in [-0.2, -0.15) is 0 Å². The van der Waals surface area contributed by atoms with E-state index in [2.05, 4.69) is 51.3 Å². The van der Waals surface area contributed by atoms with Crippen LogP contribution in [0.2, 0.25) is 0 Å². The summed E-state index contributed by atoms with van der Waals surface area (Å²) in [7, 11) is 0. The van der Waals surface area contributed by atoms with Crippen LogP contribution in [0.15, 0.2) is 53.6 Å². The summed E-state index contributed by atoms with van der Waals surface area (Å²) in [5.41, 5.74) is 13.7. The number of aliphatic hydroxyl groups is 1. The van der Waals surface area contributed by atoms with Gasteiger partial charge in [0.15, 0.2) is 0 Å². The second-order valence-electron chi connectivity index (χ2n) is 6.53. The van der Waals surface area contributed by atoms with Gasteiger partial charge in [-0.25, -0.2) is 0 Å². The van der Waals surface area contributed by atoms with E-state index in [1.165, 1.54) is 11.1 Å². The van der Waals surface area contributed by atoms with Gasteiger partial charge in [0, 0.05) is 16.3 Å². The summed E-state index contributed by atoms with van der Waals surface area (Å²) in [6, 6.07) is 16.4. The molecule has 3 atom stereocenters. The Kier molecular flexibility index (Phi) is 3.89. The lowest BCUT2D eigenvalue weighted by molar-refractivity contribution is 0.148. The molecule has 1 N–H and O–H groups in total. The average Bonchev–Trinajstić information content (AvgIpc) is 2.88. The fraction of sp³-hybridized carbons (Fsp3) is 0.368. The number of rotatable bonds is 2. The molecule has 122 valence electrons. The molecule has 0 bridgehead atoms. The highest BCUT2D eigenvalue weighted by Crippen LogP contribution is 2.41. The van der Waals surface area contributed by atoms with Crippen molar-refractivity contribution in [3.05, 3.63) is 70.1 Å².